The van der Waals surface area contributed by atoms with E-state index in [1.807, 2.05) is 0 Å². The fourth-order valence-electron chi connectivity index (χ4n) is 4.06. The van der Waals surface area contributed by atoms with Crippen molar-refractivity contribution in [3.8, 4) is 0 Å². The molecule has 0 N–H and O–H groups in total. The molecule has 35 heavy (non-hydrogen) atoms. The maximum atomic E-state index is 6.24. The lowest BCUT2D eigenvalue weighted by molar-refractivity contribution is -0.0846. The van der Waals surface area contributed by atoms with Gasteiger partial charge in [0.2, 0.25) is 0 Å². The van der Waals surface area contributed by atoms with Gasteiger partial charge in [0, 0.05) is 6.42 Å². The third kappa shape index (κ3) is 24.6. The van der Waals surface area contributed by atoms with Crippen molar-refractivity contribution in [2.24, 2.45) is 0 Å². The second kappa shape index (κ2) is 29.3. The van der Waals surface area contributed by atoms with Crippen molar-refractivity contribution >= 4 is 0 Å². The molecule has 0 bridgehead atoms. The summed E-state index contributed by atoms with van der Waals surface area (Å²) < 4.78 is 24.2. The second-order valence-corrected chi connectivity index (χ2v) is 9.98. The van der Waals surface area contributed by atoms with Gasteiger partial charge in [-0.3, -0.25) is 0 Å². The lowest BCUT2D eigenvalue weighted by Crippen LogP contribution is -2.10. The molecule has 0 aliphatic rings. The average molecular weight is 499 g/mol. The van der Waals surface area contributed by atoms with Gasteiger partial charge in [0.25, 0.3) is 0 Å². The molecule has 0 spiro atoms. The Kier molecular flexibility index (Phi) is 28.6. The van der Waals surface area contributed by atoms with Crippen LogP contribution in [0.1, 0.15) is 163 Å². The molecule has 0 heterocycles. The number of unbranched alkanes of at least 4 members (excludes halogenated alkanes) is 16. The second-order valence-electron chi connectivity index (χ2n) is 9.98. The Balaban J connectivity index is 4.63. The number of ether oxygens (including phenoxy) is 4. The molecule has 210 valence electrons. The highest BCUT2D eigenvalue weighted by Crippen LogP contribution is 2.20. The largest absolute Gasteiger partial charge is 0.491 e. The van der Waals surface area contributed by atoms with E-state index in [1.165, 1.54) is 103 Å². The van der Waals surface area contributed by atoms with E-state index in [1.54, 1.807) is 0 Å². The van der Waals surface area contributed by atoms with E-state index in [2.05, 4.69) is 27.7 Å². The predicted octanol–water partition coefficient (Wildman–Crippen LogP) is 10.5. The van der Waals surface area contributed by atoms with E-state index in [4.69, 9.17) is 18.9 Å². The van der Waals surface area contributed by atoms with Crippen LogP contribution in [0, 0.1) is 0 Å². The third-order valence-corrected chi connectivity index (χ3v) is 6.41. The van der Waals surface area contributed by atoms with Crippen LogP contribution < -0.4 is 0 Å². The van der Waals surface area contributed by atoms with Crippen LogP contribution in [0.3, 0.4) is 0 Å². The monoisotopic (exact) mass is 498 g/mol. The first-order valence-electron chi connectivity index (χ1n) is 15.5. The van der Waals surface area contributed by atoms with E-state index in [9.17, 15) is 0 Å². The van der Waals surface area contributed by atoms with Gasteiger partial charge in [0.15, 0.2) is 12.6 Å². The lowest BCUT2D eigenvalue weighted by atomic mass is 10.1. The van der Waals surface area contributed by atoms with Crippen LogP contribution in [0.25, 0.3) is 0 Å². The van der Waals surface area contributed by atoms with E-state index < -0.39 is 0 Å². The maximum Gasteiger partial charge on any atom is 0.321 e. The summed E-state index contributed by atoms with van der Waals surface area (Å²) in [7, 11) is 0. The zero-order valence-corrected chi connectivity index (χ0v) is 24.3. The maximum absolute atomic E-state index is 6.24. The fourth-order valence-corrected chi connectivity index (χ4v) is 4.06. The highest BCUT2D eigenvalue weighted by molar-refractivity contribution is 4.95. The van der Waals surface area contributed by atoms with Crippen LogP contribution >= 0.6 is 0 Å². The summed E-state index contributed by atoms with van der Waals surface area (Å²) in [5, 5.41) is 0. The molecule has 0 aromatic carbocycles. The molecule has 0 aliphatic carbocycles. The molecule has 4 nitrogen and oxygen atoms in total. The van der Waals surface area contributed by atoms with Crippen molar-refractivity contribution in [2.75, 3.05) is 26.6 Å². The van der Waals surface area contributed by atoms with Crippen LogP contribution in [0.4, 0.5) is 0 Å². The van der Waals surface area contributed by atoms with Crippen LogP contribution in [-0.2, 0) is 18.9 Å². The predicted molar refractivity (Wildman–Crippen MR) is 150 cm³/mol. The summed E-state index contributed by atoms with van der Waals surface area (Å²) in [6.07, 6.45) is 25.7. The van der Waals surface area contributed by atoms with E-state index in [-0.39, 0.29) is 6.79 Å². The summed E-state index contributed by atoms with van der Waals surface area (Å²) >= 11 is 0. The quantitative estimate of drug-likeness (QED) is 0.0583. The Labute approximate surface area is 219 Å². The molecule has 0 saturated carbocycles. The van der Waals surface area contributed by atoms with Crippen LogP contribution in [0.15, 0.2) is 11.7 Å². The van der Waals surface area contributed by atoms with Gasteiger partial charge < -0.3 is 18.9 Å². The topological polar surface area (TPSA) is 36.9 Å². The van der Waals surface area contributed by atoms with Crippen molar-refractivity contribution in [3.05, 3.63) is 11.7 Å². The minimum absolute atomic E-state index is 0.248. The van der Waals surface area contributed by atoms with Gasteiger partial charge in [0.05, 0.1) is 19.8 Å². The molecule has 0 radical (unpaired) electrons. The van der Waals surface area contributed by atoms with Gasteiger partial charge in [-0.1, -0.05) is 130 Å². The molecular weight excluding hydrogens is 436 g/mol. The normalized spacial score (nSPS) is 12.0. The van der Waals surface area contributed by atoms with Crippen LogP contribution in [0.2, 0.25) is 0 Å². The molecule has 0 aromatic rings. The van der Waals surface area contributed by atoms with Gasteiger partial charge in [-0.05, 0) is 25.7 Å². The Morgan fingerprint density at radius 3 is 1.37 bits per heavy atom. The van der Waals surface area contributed by atoms with Crippen molar-refractivity contribution in [1.29, 1.82) is 0 Å². The van der Waals surface area contributed by atoms with E-state index >= 15 is 0 Å². The molecule has 4 heteroatoms. The number of rotatable bonds is 29. The Bertz CT molecular complexity index is 436. The molecule has 0 rings (SSSR count). The SMILES string of the molecule is CCCCCCCCCOCOC(OCCCCCCC)=C(CCCCC)OCCCCCCC. The van der Waals surface area contributed by atoms with E-state index in [0.29, 0.717) is 12.6 Å². The summed E-state index contributed by atoms with van der Waals surface area (Å²) in [6, 6.07) is 0. The molecular formula is C31H62O4. The van der Waals surface area contributed by atoms with Gasteiger partial charge in [0.1, 0.15) is 0 Å². The highest BCUT2D eigenvalue weighted by atomic mass is 16.7. The van der Waals surface area contributed by atoms with E-state index in [0.717, 1.165) is 51.1 Å². The molecule has 0 atom stereocenters. The van der Waals surface area contributed by atoms with Gasteiger partial charge in [-0.2, -0.15) is 0 Å². The van der Waals surface area contributed by atoms with Crippen molar-refractivity contribution in [3.63, 3.8) is 0 Å². The average Bonchev–Trinajstić information content (AvgIpc) is 2.87. The van der Waals surface area contributed by atoms with Gasteiger partial charge in [-0.15, -0.1) is 0 Å². The Hall–Kier alpha value is -0.900. The zero-order valence-electron chi connectivity index (χ0n) is 24.3. The van der Waals surface area contributed by atoms with Crippen molar-refractivity contribution in [1.82, 2.24) is 0 Å². The highest BCUT2D eigenvalue weighted by Gasteiger charge is 2.13. The van der Waals surface area contributed by atoms with Gasteiger partial charge in [-0.25, -0.2) is 0 Å². The minimum Gasteiger partial charge on any atom is -0.491 e. The van der Waals surface area contributed by atoms with Crippen molar-refractivity contribution in [2.45, 2.75) is 163 Å². The lowest BCUT2D eigenvalue weighted by Gasteiger charge is -2.18. The number of hydrogen-bond acceptors (Lipinski definition) is 4. The molecule has 0 unspecified atom stereocenters. The first-order chi connectivity index (χ1) is 17.3. The Morgan fingerprint density at radius 1 is 0.400 bits per heavy atom. The summed E-state index contributed by atoms with van der Waals surface area (Å²) in [4.78, 5) is 0. The fraction of sp³-hybridized carbons (Fsp3) is 0.935. The first-order valence-corrected chi connectivity index (χ1v) is 15.5. The van der Waals surface area contributed by atoms with Crippen LogP contribution in [0.5, 0.6) is 0 Å². The van der Waals surface area contributed by atoms with Crippen molar-refractivity contribution < 1.29 is 18.9 Å². The molecule has 0 amide bonds. The Morgan fingerprint density at radius 2 is 0.829 bits per heavy atom. The summed E-state index contributed by atoms with van der Waals surface area (Å²) in [5.74, 6) is 1.46. The molecule has 0 aliphatic heterocycles. The summed E-state index contributed by atoms with van der Waals surface area (Å²) in [6.45, 7) is 11.4. The third-order valence-electron chi connectivity index (χ3n) is 6.41. The summed E-state index contributed by atoms with van der Waals surface area (Å²) in [5.41, 5.74) is 0. The smallest absolute Gasteiger partial charge is 0.321 e. The molecule has 0 saturated heterocycles. The number of hydrogen-bond donors (Lipinski definition) is 0. The standard InChI is InChI=1S/C31H62O4/c1-5-9-13-16-17-20-22-26-32-29-35-31(34-28-24-19-15-11-7-3)30(25-21-12-8-4)33-27-23-18-14-10-6-2/h5-29H2,1-4H3. The number of allylic oxidation sites excluding steroid dienone is 1. The molecule has 0 aromatic heterocycles. The first kappa shape index (κ1) is 34.1. The van der Waals surface area contributed by atoms with Crippen LogP contribution in [-0.4, -0.2) is 26.6 Å². The molecule has 0 fully saturated rings. The zero-order chi connectivity index (χ0) is 25.7. The van der Waals surface area contributed by atoms with Gasteiger partial charge >= 0.3 is 5.95 Å². The minimum atomic E-state index is 0.248.